The average molecular weight is 470 g/mol. The molecule has 2 N–H and O–H groups in total. The van der Waals surface area contributed by atoms with Crippen LogP contribution in [-0.4, -0.2) is 18.5 Å². The van der Waals surface area contributed by atoms with Crippen LogP contribution in [0.25, 0.3) is 0 Å². The number of hydrogen-bond donors (Lipinski definition) is 2. The number of rotatable bonds is 3. The van der Waals surface area contributed by atoms with E-state index in [0.29, 0.717) is 5.75 Å². The number of nitrogens with zero attached hydrogens (tertiary/aromatic N) is 1. The van der Waals surface area contributed by atoms with E-state index in [2.05, 4.69) is 26.8 Å². The zero-order chi connectivity index (χ0) is 20.2. The fourth-order valence-electron chi connectivity index (χ4n) is 2.82. The zero-order valence-electron chi connectivity index (χ0n) is 15.1. The number of benzene rings is 3. The highest BCUT2D eigenvalue weighted by atomic mass is 79.9. The number of para-hydroxylation sites is 2. The summed E-state index contributed by atoms with van der Waals surface area (Å²) in [7, 11) is 0. The van der Waals surface area contributed by atoms with Crippen LogP contribution >= 0.6 is 27.7 Å². The fourth-order valence-corrected chi connectivity index (χ4v) is 4.14. The number of ether oxygens (including phenoxy) is 1. The minimum atomic E-state index is -0.464. The Morgan fingerprint density at radius 3 is 2.07 bits per heavy atom. The van der Waals surface area contributed by atoms with Gasteiger partial charge in [0.15, 0.2) is 6.61 Å². The fraction of sp³-hybridized carbons (Fsp3) is 0.0476. The molecular weight excluding hydrogens is 454 g/mol. The van der Waals surface area contributed by atoms with Crippen molar-refractivity contribution in [2.24, 2.45) is 0 Å². The molecule has 6 nitrogen and oxygen atoms in total. The topological polar surface area (TPSA) is 70.7 Å². The molecule has 0 unspecified atom stereocenters. The summed E-state index contributed by atoms with van der Waals surface area (Å²) in [5.74, 6) is 0.0970. The van der Waals surface area contributed by atoms with E-state index in [4.69, 9.17) is 4.74 Å². The van der Waals surface area contributed by atoms with Gasteiger partial charge in [0.05, 0.1) is 11.4 Å². The molecule has 0 aliphatic carbocycles. The second kappa shape index (κ2) is 8.59. The smallest absolute Gasteiger partial charge is 0.345 e. The molecule has 3 aromatic rings. The van der Waals surface area contributed by atoms with Gasteiger partial charge in [-0.3, -0.25) is 15.1 Å². The minimum absolute atomic E-state index is 0.217. The molecule has 146 valence electrons. The molecule has 0 saturated heterocycles. The average Bonchev–Trinajstić information content (AvgIpc) is 2.75. The van der Waals surface area contributed by atoms with Gasteiger partial charge in [-0.2, -0.15) is 0 Å². The van der Waals surface area contributed by atoms with Crippen molar-refractivity contribution in [1.82, 2.24) is 10.9 Å². The Morgan fingerprint density at radius 2 is 1.45 bits per heavy atom. The Bertz CT molecular complexity index is 1010. The lowest BCUT2D eigenvalue weighted by Crippen LogP contribution is -2.49. The van der Waals surface area contributed by atoms with Crippen molar-refractivity contribution in [2.45, 2.75) is 9.79 Å². The molecule has 29 heavy (non-hydrogen) atoms. The third kappa shape index (κ3) is 4.38. The van der Waals surface area contributed by atoms with Crippen LogP contribution in [0.1, 0.15) is 0 Å². The number of carbonyl (C=O) groups excluding carboxylic acids is 2. The highest BCUT2D eigenvalue weighted by molar-refractivity contribution is 9.10. The van der Waals surface area contributed by atoms with Crippen molar-refractivity contribution >= 4 is 51.0 Å². The molecular formula is C21H16BrN3O3S. The maximum Gasteiger partial charge on any atom is 0.345 e. The van der Waals surface area contributed by atoms with Crippen LogP contribution in [0.2, 0.25) is 0 Å². The zero-order valence-corrected chi connectivity index (χ0v) is 17.5. The first-order valence-corrected chi connectivity index (χ1v) is 10.4. The molecule has 0 fully saturated rings. The third-order valence-corrected chi connectivity index (χ3v) is 5.79. The van der Waals surface area contributed by atoms with E-state index >= 15 is 0 Å². The standard InChI is InChI=1S/C21H16BrN3O3S/c22-14-9-11-15(12-10-14)28-13-20(26)23-24-21(27)25-16-5-1-3-7-18(16)29-19-8-4-2-6-17(19)25/h1-12H,13H2,(H,23,26)(H,24,27). The SMILES string of the molecule is O=C(COc1ccc(Br)cc1)NNC(=O)N1c2ccccc2Sc2ccccc21. The lowest BCUT2D eigenvalue weighted by atomic mass is 10.2. The molecule has 0 radical (unpaired) electrons. The van der Waals surface area contributed by atoms with Crippen LogP contribution in [0.15, 0.2) is 87.1 Å². The number of fused-ring (bicyclic) bond motifs is 2. The van der Waals surface area contributed by atoms with Gasteiger partial charge in [-0.05, 0) is 48.5 Å². The summed E-state index contributed by atoms with van der Waals surface area (Å²) in [5.41, 5.74) is 6.39. The van der Waals surface area contributed by atoms with Crippen LogP contribution in [-0.2, 0) is 4.79 Å². The van der Waals surface area contributed by atoms with E-state index in [1.54, 1.807) is 28.8 Å². The Morgan fingerprint density at radius 1 is 0.862 bits per heavy atom. The van der Waals surface area contributed by atoms with Gasteiger partial charge in [-0.1, -0.05) is 52.0 Å². The Kier molecular flexibility index (Phi) is 5.73. The van der Waals surface area contributed by atoms with E-state index in [1.165, 1.54) is 0 Å². The van der Waals surface area contributed by atoms with Gasteiger partial charge in [-0.15, -0.1) is 0 Å². The van der Waals surface area contributed by atoms with Crippen LogP contribution < -0.4 is 20.5 Å². The third-order valence-electron chi connectivity index (χ3n) is 4.13. The van der Waals surface area contributed by atoms with Crippen molar-refractivity contribution in [3.8, 4) is 5.75 Å². The van der Waals surface area contributed by atoms with E-state index < -0.39 is 11.9 Å². The van der Waals surface area contributed by atoms with Crippen molar-refractivity contribution < 1.29 is 14.3 Å². The lowest BCUT2D eigenvalue weighted by molar-refractivity contribution is -0.123. The van der Waals surface area contributed by atoms with Crippen LogP contribution in [0, 0.1) is 0 Å². The Hall–Kier alpha value is -2.97. The van der Waals surface area contributed by atoms with Gasteiger partial charge in [0.25, 0.3) is 5.91 Å². The summed E-state index contributed by atoms with van der Waals surface area (Å²) in [6.07, 6.45) is 0. The maximum absolute atomic E-state index is 12.9. The van der Waals surface area contributed by atoms with Gasteiger partial charge in [0, 0.05) is 14.3 Å². The van der Waals surface area contributed by atoms with E-state index in [0.717, 1.165) is 25.6 Å². The first-order chi connectivity index (χ1) is 14.1. The summed E-state index contributed by atoms with van der Waals surface area (Å²) in [4.78, 5) is 28.4. The Balaban J connectivity index is 1.42. The van der Waals surface area contributed by atoms with E-state index in [9.17, 15) is 9.59 Å². The number of anilines is 2. The van der Waals surface area contributed by atoms with Crippen LogP contribution in [0.3, 0.4) is 0 Å². The highest BCUT2D eigenvalue weighted by Crippen LogP contribution is 2.47. The molecule has 3 aromatic carbocycles. The summed E-state index contributed by atoms with van der Waals surface area (Å²) >= 11 is 4.94. The molecule has 0 spiro atoms. The molecule has 0 atom stereocenters. The molecule has 0 aromatic heterocycles. The van der Waals surface area contributed by atoms with Gasteiger partial charge < -0.3 is 4.74 Å². The van der Waals surface area contributed by atoms with E-state index in [-0.39, 0.29) is 6.61 Å². The first kappa shape index (κ1) is 19.4. The maximum atomic E-state index is 12.9. The molecule has 0 bridgehead atoms. The van der Waals surface area contributed by atoms with Gasteiger partial charge in [0.2, 0.25) is 0 Å². The molecule has 1 aliphatic heterocycles. The van der Waals surface area contributed by atoms with Gasteiger partial charge in [-0.25, -0.2) is 10.2 Å². The molecule has 1 aliphatic rings. The van der Waals surface area contributed by atoms with Crippen molar-refractivity contribution in [3.05, 3.63) is 77.3 Å². The van der Waals surface area contributed by atoms with Gasteiger partial charge >= 0.3 is 6.03 Å². The minimum Gasteiger partial charge on any atom is -0.484 e. The molecule has 3 amide bonds. The number of urea groups is 1. The van der Waals surface area contributed by atoms with Crippen LogP contribution in [0.5, 0.6) is 5.75 Å². The quantitative estimate of drug-likeness (QED) is 0.536. The van der Waals surface area contributed by atoms with E-state index in [1.807, 2.05) is 60.7 Å². The second-order valence-corrected chi connectivity index (χ2v) is 8.09. The number of halogens is 1. The summed E-state index contributed by atoms with van der Waals surface area (Å²) in [5, 5.41) is 0. The van der Waals surface area contributed by atoms with Crippen molar-refractivity contribution in [2.75, 3.05) is 11.5 Å². The molecule has 1 heterocycles. The largest absolute Gasteiger partial charge is 0.484 e. The van der Waals surface area contributed by atoms with Gasteiger partial charge in [0.1, 0.15) is 5.75 Å². The summed E-state index contributed by atoms with van der Waals surface area (Å²) in [6.45, 7) is -0.217. The Labute approximate surface area is 180 Å². The van der Waals surface area contributed by atoms with Crippen molar-refractivity contribution in [3.63, 3.8) is 0 Å². The van der Waals surface area contributed by atoms with Crippen molar-refractivity contribution in [1.29, 1.82) is 0 Å². The monoisotopic (exact) mass is 469 g/mol. The number of nitrogens with one attached hydrogen (secondary N) is 2. The summed E-state index contributed by atoms with van der Waals surface area (Å²) in [6, 6.07) is 21.9. The number of carbonyl (C=O) groups is 2. The lowest BCUT2D eigenvalue weighted by Gasteiger charge is -2.30. The van der Waals surface area contributed by atoms with Crippen LogP contribution in [0.4, 0.5) is 16.2 Å². The normalized spacial score (nSPS) is 11.8. The first-order valence-electron chi connectivity index (χ1n) is 8.75. The second-order valence-electron chi connectivity index (χ2n) is 6.09. The number of amides is 3. The predicted molar refractivity (Wildman–Crippen MR) is 115 cm³/mol. The molecule has 4 rings (SSSR count). The number of hydrogen-bond acceptors (Lipinski definition) is 4. The molecule has 0 saturated carbocycles. The molecule has 8 heteroatoms. The highest BCUT2D eigenvalue weighted by Gasteiger charge is 2.28. The predicted octanol–water partition coefficient (Wildman–Crippen LogP) is 4.87. The summed E-state index contributed by atoms with van der Waals surface area (Å²) < 4.78 is 6.33. The number of hydrazine groups is 1.